The molecule has 9 N–H and O–H groups in total. The first kappa shape index (κ1) is 17.6. The summed E-state index contributed by atoms with van der Waals surface area (Å²) >= 11 is 0. The zero-order valence-corrected chi connectivity index (χ0v) is 11.1. The van der Waals surface area contributed by atoms with Gasteiger partial charge in [-0.2, -0.15) is 15.0 Å². The second-order valence-electron chi connectivity index (χ2n) is 3.27. The molecule has 21 heavy (non-hydrogen) atoms. The third kappa shape index (κ3) is 8.31. The lowest BCUT2D eigenvalue weighted by atomic mass is 10.3. The lowest BCUT2D eigenvalue weighted by Gasteiger charge is -2.04. The minimum atomic E-state index is -0.833. The van der Waals surface area contributed by atoms with Gasteiger partial charge in [0.25, 0.3) is 0 Å². The smallest absolute Gasteiger partial charge is 0.309 e. The van der Waals surface area contributed by atoms with Crippen molar-refractivity contribution < 1.29 is 9.59 Å². The van der Waals surface area contributed by atoms with E-state index in [0.717, 1.165) is 5.69 Å². The second kappa shape index (κ2) is 9.49. The third-order valence-corrected chi connectivity index (χ3v) is 1.70. The molecule has 10 heteroatoms. The maximum atomic E-state index is 9.00. The van der Waals surface area contributed by atoms with Crippen LogP contribution >= 0.6 is 0 Å². The summed E-state index contributed by atoms with van der Waals surface area (Å²) in [7, 11) is 0. The van der Waals surface area contributed by atoms with E-state index in [0.29, 0.717) is 5.95 Å². The SMILES string of the molecule is C=O.NC(N)=O.Nc1nc(N)nc(Nc2ccccc2)n1. The maximum Gasteiger partial charge on any atom is 0.309 e. The van der Waals surface area contributed by atoms with E-state index in [1.807, 2.05) is 37.1 Å². The highest BCUT2D eigenvalue weighted by atomic mass is 16.2. The number of nitrogen functional groups attached to an aromatic ring is 2. The molecule has 0 bridgehead atoms. The van der Waals surface area contributed by atoms with E-state index in [-0.39, 0.29) is 11.9 Å². The van der Waals surface area contributed by atoms with Gasteiger partial charge < -0.3 is 33.0 Å². The minimum Gasteiger partial charge on any atom is -0.368 e. The van der Waals surface area contributed by atoms with Crippen LogP contribution in [0.15, 0.2) is 30.3 Å². The number of hydrogen-bond acceptors (Lipinski definition) is 8. The van der Waals surface area contributed by atoms with Gasteiger partial charge in [-0.15, -0.1) is 0 Å². The Balaban J connectivity index is 0.000000579. The number of para-hydroxylation sites is 1. The van der Waals surface area contributed by atoms with E-state index < -0.39 is 6.03 Å². The van der Waals surface area contributed by atoms with Crippen molar-refractivity contribution in [1.82, 2.24) is 15.0 Å². The third-order valence-electron chi connectivity index (χ3n) is 1.70. The Morgan fingerprint density at radius 3 is 1.81 bits per heavy atom. The standard InChI is InChI=1S/C9H10N6.CH4N2O.CH2O/c10-7-13-8(11)15-9(14-7)12-6-4-2-1-3-5-6;2-1(3)4;1-2/h1-5H,(H5,10,11,12,13,14,15);(H4,2,3,4);1H2. The van der Waals surface area contributed by atoms with Crippen molar-refractivity contribution in [3.63, 3.8) is 0 Å². The van der Waals surface area contributed by atoms with Crippen molar-refractivity contribution >= 4 is 36.4 Å². The lowest BCUT2D eigenvalue weighted by Crippen LogP contribution is -2.18. The first-order chi connectivity index (χ1) is 9.97. The van der Waals surface area contributed by atoms with Gasteiger partial charge in [0.2, 0.25) is 17.8 Å². The van der Waals surface area contributed by atoms with Gasteiger partial charge in [0.1, 0.15) is 6.79 Å². The molecular weight excluding hydrogens is 276 g/mol. The Labute approximate surface area is 120 Å². The van der Waals surface area contributed by atoms with Gasteiger partial charge in [-0.25, -0.2) is 4.79 Å². The number of rotatable bonds is 2. The predicted octanol–water partition coefficient (Wildman–Crippen LogP) is -0.381. The number of hydrogen-bond donors (Lipinski definition) is 5. The van der Waals surface area contributed by atoms with Crippen LogP contribution in [0.5, 0.6) is 0 Å². The zero-order chi connectivity index (χ0) is 16.3. The molecule has 1 aromatic heterocycles. The second-order valence-corrected chi connectivity index (χ2v) is 3.27. The van der Waals surface area contributed by atoms with Crippen molar-refractivity contribution in [2.24, 2.45) is 11.5 Å². The van der Waals surface area contributed by atoms with Gasteiger partial charge in [-0.05, 0) is 12.1 Å². The maximum absolute atomic E-state index is 9.00. The summed E-state index contributed by atoms with van der Waals surface area (Å²) in [6.07, 6.45) is 0. The van der Waals surface area contributed by atoms with Crippen LogP contribution in [0.4, 0.5) is 28.3 Å². The topological polar surface area (TPSA) is 189 Å². The molecule has 0 radical (unpaired) electrons. The summed E-state index contributed by atoms with van der Waals surface area (Å²) in [5.74, 6) is 0.535. The molecule has 0 aliphatic rings. The van der Waals surface area contributed by atoms with Gasteiger partial charge >= 0.3 is 6.03 Å². The van der Waals surface area contributed by atoms with E-state index in [9.17, 15) is 0 Å². The van der Waals surface area contributed by atoms with E-state index >= 15 is 0 Å². The first-order valence-electron chi connectivity index (χ1n) is 5.40. The minimum absolute atomic E-state index is 0.0981. The van der Waals surface area contributed by atoms with Crippen LogP contribution < -0.4 is 28.3 Å². The van der Waals surface area contributed by atoms with Crippen molar-refractivity contribution in [2.75, 3.05) is 16.8 Å². The largest absolute Gasteiger partial charge is 0.368 e. The van der Waals surface area contributed by atoms with Crippen LogP contribution in [-0.2, 0) is 4.79 Å². The van der Waals surface area contributed by atoms with Crippen LogP contribution in [0.1, 0.15) is 0 Å². The number of benzene rings is 1. The van der Waals surface area contributed by atoms with Crippen molar-refractivity contribution in [2.45, 2.75) is 0 Å². The molecule has 1 aromatic carbocycles. The molecule has 2 aromatic rings. The number of carbonyl (C=O) groups excluding carboxylic acids is 2. The number of nitrogens with two attached hydrogens (primary N) is 4. The summed E-state index contributed by atoms with van der Waals surface area (Å²) in [5.41, 5.74) is 20.2. The van der Waals surface area contributed by atoms with Gasteiger partial charge in [0.05, 0.1) is 0 Å². The number of urea groups is 1. The molecule has 0 fully saturated rings. The molecule has 0 atom stereocenters. The summed E-state index contributed by atoms with van der Waals surface area (Å²) < 4.78 is 0. The molecule has 1 heterocycles. The Kier molecular flexibility index (Phi) is 7.94. The molecule has 112 valence electrons. The van der Waals surface area contributed by atoms with E-state index in [2.05, 4.69) is 31.7 Å². The number of aromatic nitrogens is 3. The first-order valence-corrected chi connectivity index (χ1v) is 5.40. The average molecular weight is 292 g/mol. The number of nitrogens with zero attached hydrogens (tertiary/aromatic N) is 3. The Hall–Kier alpha value is -3.43. The monoisotopic (exact) mass is 292 g/mol. The predicted molar refractivity (Wildman–Crippen MR) is 79.3 cm³/mol. The summed E-state index contributed by atoms with van der Waals surface area (Å²) in [5, 5.41) is 2.96. The molecular formula is C11H16N8O2. The number of amides is 2. The van der Waals surface area contributed by atoms with E-state index in [1.54, 1.807) is 0 Å². The quantitative estimate of drug-likeness (QED) is 0.494. The molecule has 0 aliphatic carbocycles. The van der Waals surface area contributed by atoms with Crippen molar-refractivity contribution in [1.29, 1.82) is 0 Å². The van der Waals surface area contributed by atoms with Gasteiger partial charge in [-0.1, -0.05) is 18.2 Å². The molecule has 10 nitrogen and oxygen atoms in total. The molecule has 0 saturated carbocycles. The summed E-state index contributed by atoms with van der Waals surface area (Å²) in [6, 6.07) is 8.65. The van der Waals surface area contributed by atoms with Crippen LogP contribution in [0.2, 0.25) is 0 Å². The van der Waals surface area contributed by atoms with Crippen molar-refractivity contribution in [3.05, 3.63) is 30.3 Å². The fraction of sp³-hybridized carbons (Fsp3) is 0. The zero-order valence-electron chi connectivity index (χ0n) is 11.1. The van der Waals surface area contributed by atoms with Crippen molar-refractivity contribution in [3.8, 4) is 0 Å². The lowest BCUT2D eigenvalue weighted by molar-refractivity contribution is -0.0979. The average Bonchev–Trinajstić information content (AvgIpc) is 2.40. The summed E-state index contributed by atoms with van der Waals surface area (Å²) in [4.78, 5) is 28.5. The highest BCUT2D eigenvalue weighted by Crippen LogP contribution is 2.12. The number of nitrogens with one attached hydrogen (secondary N) is 1. The van der Waals surface area contributed by atoms with Crippen LogP contribution in [0, 0.1) is 0 Å². The van der Waals surface area contributed by atoms with Gasteiger partial charge in [0.15, 0.2) is 0 Å². The highest BCUT2D eigenvalue weighted by molar-refractivity contribution is 5.69. The fourth-order valence-corrected chi connectivity index (χ4v) is 1.12. The molecule has 0 saturated heterocycles. The normalized spacial score (nSPS) is 8.38. The number of primary amides is 2. The molecule has 2 rings (SSSR count). The summed E-state index contributed by atoms with van der Waals surface area (Å²) in [6.45, 7) is 2.00. The highest BCUT2D eigenvalue weighted by Gasteiger charge is 2.01. The van der Waals surface area contributed by atoms with Crippen LogP contribution in [0.3, 0.4) is 0 Å². The van der Waals surface area contributed by atoms with E-state index in [1.165, 1.54) is 0 Å². The van der Waals surface area contributed by atoms with E-state index in [4.69, 9.17) is 21.1 Å². The Bertz CT molecular complexity index is 539. The number of anilines is 4. The van der Waals surface area contributed by atoms with Crippen LogP contribution in [-0.4, -0.2) is 27.8 Å². The van der Waals surface area contributed by atoms with Crippen LogP contribution in [0.25, 0.3) is 0 Å². The molecule has 0 spiro atoms. The Morgan fingerprint density at radius 1 is 0.952 bits per heavy atom. The molecule has 2 amide bonds. The Morgan fingerprint density at radius 2 is 1.38 bits per heavy atom. The van der Waals surface area contributed by atoms with Gasteiger partial charge in [0, 0.05) is 5.69 Å². The number of carbonyl (C=O) groups is 2. The molecule has 0 aliphatic heterocycles. The molecule has 0 unspecified atom stereocenters. The van der Waals surface area contributed by atoms with Gasteiger partial charge in [-0.3, -0.25) is 0 Å². The fourth-order valence-electron chi connectivity index (χ4n) is 1.12.